The van der Waals surface area contributed by atoms with Crippen molar-refractivity contribution in [3.8, 4) is 11.3 Å². The Labute approximate surface area is 113 Å². The molecule has 1 fully saturated rings. The van der Waals surface area contributed by atoms with Gasteiger partial charge in [0.05, 0.1) is 5.69 Å². The molecule has 1 aromatic carbocycles. The minimum Gasteiger partial charge on any atom is -0.370 e. The molecule has 98 valence electrons. The van der Waals surface area contributed by atoms with Gasteiger partial charge in [0.25, 0.3) is 0 Å². The van der Waals surface area contributed by atoms with Gasteiger partial charge in [-0.05, 0) is 24.3 Å². The Bertz CT molecular complexity index is 546. The smallest absolute Gasteiger partial charge is 0.129 e. The summed E-state index contributed by atoms with van der Waals surface area (Å²) in [5.74, 6) is 1.74. The summed E-state index contributed by atoms with van der Waals surface area (Å²) in [6, 6.07) is 10.2. The maximum atomic E-state index is 5.60. The molecule has 1 aliphatic rings. The van der Waals surface area contributed by atoms with Crippen LogP contribution in [0.25, 0.3) is 11.3 Å². The van der Waals surface area contributed by atoms with E-state index in [1.54, 1.807) is 6.33 Å². The minimum absolute atomic E-state index is 0.568. The van der Waals surface area contributed by atoms with Gasteiger partial charge >= 0.3 is 0 Å². The largest absolute Gasteiger partial charge is 0.370 e. The molecule has 0 unspecified atom stereocenters. The molecule has 0 amide bonds. The van der Waals surface area contributed by atoms with E-state index in [1.807, 2.05) is 18.2 Å². The third kappa shape index (κ3) is 3.09. The quantitative estimate of drug-likeness (QED) is 0.860. The van der Waals surface area contributed by atoms with Crippen LogP contribution < -0.4 is 11.1 Å². The van der Waals surface area contributed by atoms with E-state index in [2.05, 4.69) is 27.4 Å². The Kier molecular flexibility index (Phi) is 3.42. The molecule has 1 heterocycles. The van der Waals surface area contributed by atoms with Crippen LogP contribution in [0.2, 0.25) is 0 Å². The fraction of sp³-hybridized carbons (Fsp3) is 0.333. The van der Waals surface area contributed by atoms with Crippen LogP contribution in [0.3, 0.4) is 0 Å². The first-order valence-corrected chi connectivity index (χ1v) is 6.70. The van der Waals surface area contributed by atoms with Crippen molar-refractivity contribution in [2.24, 2.45) is 11.7 Å². The van der Waals surface area contributed by atoms with Crippen LogP contribution in [0.15, 0.2) is 36.7 Å². The standard InChI is InChI=1S/C15H18N4/c16-8-11-3-5-13(6-4-11)14-7-15(19-10-18-14)17-9-12-1-2-12/h3-7,10,12H,1-2,8-9,16H2,(H,17,18,19). The number of hydrogen-bond acceptors (Lipinski definition) is 4. The van der Waals surface area contributed by atoms with Gasteiger partial charge in [0.2, 0.25) is 0 Å². The van der Waals surface area contributed by atoms with Crippen molar-refractivity contribution >= 4 is 5.82 Å². The molecule has 1 aromatic heterocycles. The van der Waals surface area contributed by atoms with Crippen LogP contribution in [-0.4, -0.2) is 16.5 Å². The second-order valence-electron chi connectivity index (χ2n) is 5.01. The van der Waals surface area contributed by atoms with Crippen LogP contribution in [0, 0.1) is 5.92 Å². The molecule has 4 nitrogen and oxygen atoms in total. The molecular weight excluding hydrogens is 236 g/mol. The molecule has 3 rings (SSSR count). The molecule has 4 heteroatoms. The van der Waals surface area contributed by atoms with Gasteiger partial charge in [-0.3, -0.25) is 0 Å². The summed E-state index contributed by atoms with van der Waals surface area (Å²) >= 11 is 0. The van der Waals surface area contributed by atoms with Gasteiger partial charge < -0.3 is 11.1 Å². The van der Waals surface area contributed by atoms with E-state index in [9.17, 15) is 0 Å². The Morgan fingerprint density at radius 1 is 1.16 bits per heavy atom. The highest BCUT2D eigenvalue weighted by Gasteiger charge is 2.20. The first-order chi connectivity index (χ1) is 9.35. The number of rotatable bonds is 5. The molecule has 0 saturated heterocycles. The van der Waals surface area contributed by atoms with Crippen molar-refractivity contribution in [1.29, 1.82) is 0 Å². The molecule has 2 aromatic rings. The van der Waals surface area contributed by atoms with Gasteiger partial charge in [0.15, 0.2) is 0 Å². The number of aromatic nitrogens is 2. The predicted octanol–water partition coefficient (Wildman–Crippen LogP) is 2.42. The molecule has 0 radical (unpaired) electrons. The number of hydrogen-bond donors (Lipinski definition) is 2. The lowest BCUT2D eigenvalue weighted by molar-refractivity contribution is 0.881. The molecule has 0 bridgehead atoms. The highest BCUT2D eigenvalue weighted by molar-refractivity contribution is 5.62. The number of nitrogens with one attached hydrogen (secondary N) is 1. The van der Waals surface area contributed by atoms with Gasteiger partial charge in [0, 0.05) is 24.7 Å². The molecular formula is C15H18N4. The number of nitrogens with two attached hydrogens (primary N) is 1. The number of nitrogens with zero attached hydrogens (tertiary/aromatic N) is 2. The first-order valence-electron chi connectivity index (χ1n) is 6.70. The SMILES string of the molecule is NCc1ccc(-c2cc(NCC3CC3)ncn2)cc1. The molecule has 0 aliphatic heterocycles. The van der Waals surface area contributed by atoms with E-state index in [0.29, 0.717) is 6.54 Å². The summed E-state index contributed by atoms with van der Waals surface area (Å²) in [6.07, 6.45) is 4.29. The van der Waals surface area contributed by atoms with E-state index in [4.69, 9.17) is 5.73 Å². The van der Waals surface area contributed by atoms with E-state index >= 15 is 0 Å². The Morgan fingerprint density at radius 3 is 2.63 bits per heavy atom. The molecule has 1 saturated carbocycles. The van der Waals surface area contributed by atoms with Gasteiger partial charge in [-0.1, -0.05) is 24.3 Å². The third-order valence-corrected chi connectivity index (χ3v) is 3.42. The number of benzene rings is 1. The minimum atomic E-state index is 0.568. The first kappa shape index (κ1) is 12.1. The van der Waals surface area contributed by atoms with Crippen molar-refractivity contribution in [3.05, 3.63) is 42.2 Å². The van der Waals surface area contributed by atoms with Crippen molar-refractivity contribution in [2.45, 2.75) is 19.4 Å². The van der Waals surface area contributed by atoms with Gasteiger partial charge in [-0.15, -0.1) is 0 Å². The topological polar surface area (TPSA) is 63.8 Å². The van der Waals surface area contributed by atoms with E-state index in [1.165, 1.54) is 12.8 Å². The molecule has 0 atom stereocenters. The van der Waals surface area contributed by atoms with Crippen molar-refractivity contribution in [3.63, 3.8) is 0 Å². The lowest BCUT2D eigenvalue weighted by Crippen LogP contribution is -2.05. The monoisotopic (exact) mass is 254 g/mol. The normalized spacial score (nSPS) is 14.4. The van der Waals surface area contributed by atoms with Crippen LogP contribution >= 0.6 is 0 Å². The average Bonchev–Trinajstić information content (AvgIpc) is 3.30. The van der Waals surface area contributed by atoms with Crippen LogP contribution in [0.4, 0.5) is 5.82 Å². The zero-order chi connectivity index (χ0) is 13.1. The van der Waals surface area contributed by atoms with Crippen molar-refractivity contribution in [2.75, 3.05) is 11.9 Å². The summed E-state index contributed by atoms with van der Waals surface area (Å²) in [4.78, 5) is 8.58. The van der Waals surface area contributed by atoms with E-state index in [0.717, 1.165) is 35.1 Å². The highest BCUT2D eigenvalue weighted by Crippen LogP contribution is 2.29. The Hall–Kier alpha value is -1.94. The second-order valence-corrected chi connectivity index (χ2v) is 5.01. The zero-order valence-corrected chi connectivity index (χ0v) is 10.8. The maximum absolute atomic E-state index is 5.60. The lowest BCUT2D eigenvalue weighted by atomic mass is 10.1. The van der Waals surface area contributed by atoms with Gasteiger partial charge in [-0.25, -0.2) is 9.97 Å². The predicted molar refractivity (Wildman–Crippen MR) is 76.6 cm³/mol. The van der Waals surface area contributed by atoms with Crippen LogP contribution in [-0.2, 0) is 6.54 Å². The summed E-state index contributed by atoms with van der Waals surface area (Å²) in [7, 11) is 0. The Morgan fingerprint density at radius 2 is 1.95 bits per heavy atom. The van der Waals surface area contributed by atoms with E-state index < -0.39 is 0 Å². The van der Waals surface area contributed by atoms with E-state index in [-0.39, 0.29) is 0 Å². The summed E-state index contributed by atoms with van der Waals surface area (Å²) in [5.41, 5.74) is 8.76. The summed E-state index contributed by atoms with van der Waals surface area (Å²) < 4.78 is 0. The zero-order valence-electron chi connectivity index (χ0n) is 10.8. The maximum Gasteiger partial charge on any atom is 0.129 e. The second kappa shape index (κ2) is 5.36. The molecule has 0 spiro atoms. The Balaban J connectivity index is 1.76. The average molecular weight is 254 g/mol. The molecule has 1 aliphatic carbocycles. The van der Waals surface area contributed by atoms with Crippen LogP contribution in [0.5, 0.6) is 0 Å². The van der Waals surface area contributed by atoms with Crippen molar-refractivity contribution < 1.29 is 0 Å². The van der Waals surface area contributed by atoms with Gasteiger partial charge in [-0.2, -0.15) is 0 Å². The summed E-state index contributed by atoms with van der Waals surface area (Å²) in [6.45, 7) is 1.58. The molecule has 19 heavy (non-hydrogen) atoms. The molecule has 3 N–H and O–H groups in total. The highest BCUT2D eigenvalue weighted by atomic mass is 15.0. The lowest BCUT2D eigenvalue weighted by Gasteiger charge is -2.06. The number of anilines is 1. The fourth-order valence-corrected chi connectivity index (χ4v) is 1.99. The van der Waals surface area contributed by atoms with Gasteiger partial charge in [0.1, 0.15) is 12.1 Å². The third-order valence-electron chi connectivity index (χ3n) is 3.42. The fourth-order valence-electron chi connectivity index (χ4n) is 1.99. The summed E-state index contributed by atoms with van der Waals surface area (Å²) in [5, 5.41) is 3.37. The van der Waals surface area contributed by atoms with Crippen LogP contribution in [0.1, 0.15) is 18.4 Å². The van der Waals surface area contributed by atoms with Crippen molar-refractivity contribution in [1.82, 2.24) is 9.97 Å².